The number of carbonyl (C=O) groups is 1. The van der Waals surface area contributed by atoms with Crippen LogP contribution in [0.3, 0.4) is 0 Å². The molecule has 1 fully saturated rings. The molecule has 2 aromatic carbocycles. The number of esters is 1. The highest BCUT2D eigenvalue weighted by atomic mass is 16.5. The van der Waals surface area contributed by atoms with Crippen LogP contribution in [0, 0.1) is 11.8 Å². The third-order valence-corrected chi connectivity index (χ3v) is 7.87. The van der Waals surface area contributed by atoms with Gasteiger partial charge >= 0.3 is 5.97 Å². The monoisotopic (exact) mass is 474 g/mol. The van der Waals surface area contributed by atoms with Crippen molar-refractivity contribution in [1.29, 1.82) is 0 Å². The fourth-order valence-electron chi connectivity index (χ4n) is 5.68. The molecule has 1 saturated carbocycles. The van der Waals surface area contributed by atoms with E-state index in [9.17, 15) is 4.79 Å². The van der Waals surface area contributed by atoms with Crippen molar-refractivity contribution in [1.82, 2.24) is 0 Å². The fourth-order valence-corrected chi connectivity index (χ4v) is 5.68. The molecule has 0 aliphatic heterocycles. The van der Waals surface area contributed by atoms with Gasteiger partial charge in [0, 0.05) is 0 Å². The van der Waals surface area contributed by atoms with Crippen LogP contribution in [-0.4, -0.2) is 5.97 Å². The quantitative estimate of drug-likeness (QED) is 0.118. The van der Waals surface area contributed by atoms with Crippen LogP contribution >= 0.6 is 0 Å². The molecule has 2 aromatic rings. The number of benzene rings is 2. The van der Waals surface area contributed by atoms with Crippen LogP contribution in [0.1, 0.15) is 118 Å². The van der Waals surface area contributed by atoms with E-state index in [0.717, 1.165) is 18.8 Å². The zero-order chi connectivity index (χ0) is 24.9. The van der Waals surface area contributed by atoms with Crippen molar-refractivity contribution in [2.75, 3.05) is 0 Å². The minimum atomic E-state index is -0.289. The maximum Gasteiger partial charge on any atom is 0.343 e. The average molecular weight is 475 g/mol. The summed E-state index contributed by atoms with van der Waals surface area (Å²) in [6, 6.07) is 16.1. The molecule has 1 unspecified atom stereocenters. The Bertz CT molecular complexity index is 872. The first-order valence-electron chi connectivity index (χ1n) is 14.2. The van der Waals surface area contributed by atoms with Crippen molar-refractivity contribution in [2.24, 2.45) is 11.8 Å². The van der Waals surface area contributed by atoms with Gasteiger partial charge in [0.15, 0.2) is 0 Å². The van der Waals surface area contributed by atoms with Gasteiger partial charge in [0.1, 0.15) is 5.75 Å². The van der Waals surface area contributed by atoms with Crippen molar-refractivity contribution < 1.29 is 9.53 Å². The summed E-state index contributed by atoms with van der Waals surface area (Å²) in [6.45, 7) is 8.53. The summed E-state index contributed by atoms with van der Waals surface area (Å²) >= 11 is 0. The van der Waals surface area contributed by atoms with Gasteiger partial charge in [0.05, 0.1) is 5.56 Å². The first kappa shape index (κ1) is 27.2. The third kappa shape index (κ3) is 8.67. The third-order valence-electron chi connectivity index (χ3n) is 7.87. The highest BCUT2D eigenvalue weighted by Gasteiger charge is 2.28. The summed E-state index contributed by atoms with van der Waals surface area (Å²) in [5.74, 6) is 2.45. The Morgan fingerprint density at radius 2 is 1.57 bits per heavy atom. The second-order valence-corrected chi connectivity index (χ2v) is 10.5. The van der Waals surface area contributed by atoms with E-state index in [4.69, 9.17) is 4.74 Å². The summed E-state index contributed by atoms with van der Waals surface area (Å²) in [5, 5.41) is 0. The molecule has 35 heavy (non-hydrogen) atoms. The highest BCUT2D eigenvalue weighted by molar-refractivity contribution is 5.91. The predicted molar refractivity (Wildman–Crippen MR) is 148 cm³/mol. The normalized spacial score (nSPS) is 18.7. The van der Waals surface area contributed by atoms with Gasteiger partial charge in [-0.05, 0) is 85.3 Å². The van der Waals surface area contributed by atoms with E-state index in [1.807, 2.05) is 24.3 Å². The number of ether oxygens (including phenoxy) is 1. The maximum atomic E-state index is 12.7. The molecule has 0 heterocycles. The van der Waals surface area contributed by atoms with Gasteiger partial charge in [-0.25, -0.2) is 4.79 Å². The Morgan fingerprint density at radius 3 is 2.20 bits per heavy atom. The summed E-state index contributed by atoms with van der Waals surface area (Å²) in [5.41, 5.74) is 3.23. The van der Waals surface area contributed by atoms with Gasteiger partial charge in [-0.2, -0.15) is 0 Å². The molecule has 1 aliphatic carbocycles. The largest absolute Gasteiger partial charge is 0.423 e. The molecule has 0 N–H and O–H groups in total. The van der Waals surface area contributed by atoms with E-state index in [1.165, 1.54) is 81.8 Å². The van der Waals surface area contributed by atoms with E-state index in [0.29, 0.717) is 23.1 Å². The Balaban J connectivity index is 1.55. The molecule has 0 aromatic heterocycles. The standard InChI is InChI=1S/C33H46O2/c1-4-7-9-12-26-14-18-28(19-15-26)32(11-6-3)29-20-22-30(23-21-29)33(34)35-31-24-16-27(17-25-31)13-10-8-5-2/h6,16-17,20-26,28,32H,3-5,7-15,18-19H2,1-2H3/t26-,28-,32?. The lowest BCUT2D eigenvalue weighted by Gasteiger charge is -2.34. The molecule has 0 spiro atoms. The van der Waals surface area contributed by atoms with Gasteiger partial charge in [-0.3, -0.25) is 0 Å². The summed E-state index contributed by atoms with van der Waals surface area (Å²) in [6.07, 6.45) is 18.7. The van der Waals surface area contributed by atoms with Gasteiger partial charge < -0.3 is 4.74 Å². The molecule has 0 radical (unpaired) electrons. The Kier molecular flexibility index (Phi) is 11.6. The van der Waals surface area contributed by atoms with Crippen molar-refractivity contribution in [2.45, 2.75) is 103 Å². The Labute approximate surface area is 214 Å². The zero-order valence-corrected chi connectivity index (χ0v) is 22.1. The predicted octanol–water partition coefficient (Wildman–Crippen LogP) is 9.68. The molecule has 0 amide bonds. The van der Waals surface area contributed by atoms with E-state index >= 15 is 0 Å². The molecule has 3 rings (SSSR count). The molecular weight excluding hydrogens is 428 g/mol. The number of unbranched alkanes of at least 4 members (excludes halogenated alkanes) is 4. The van der Waals surface area contributed by atoms with Crippen LogP contribution in [0.25, 0.3) is 0 Å². The topological polar surface area (TPSA) is 26.3 Å². The van der Waals surface area contributed by atoms with Crippen LogP contribution in [0.2, 0.25) is 0 Å². The first-order valence-corrected chi connectivity index (χ1v) is 14.2. The van der Waals surface area contributed by atoms with Crippen molar-refractivity contribution in [3.05, 3.63) is 77.9 Å². The Morgan fingerprint density at radius 1 is 0.914 bits per heavy atom. The lowest BCUT2D eigenvalue weighted by atomic mass is 9.71. The molecule has 190 valence electrons. The van der Waals surface area contributed by atoms with Crippen LogP contribution in [-0.2, 0) is 6.42 Å². The van der Waals surface area contributed by atoms with E-state index in [-0.39, 0.29) is 5.97 Å². The van der Waals surface area contributed by atoms with Gasteiger partial charge in [0.2, 0.25) is 0 Å². The summed E-state index contributed by atoms with van der Waals surface area (Å²) in [4.78, 5) is 12.7. The number of hydrogen-bond donors (Lipinski definition) is 0. The molecule has 2 heteroatoms. The Hall–Kier alpha value is -2.35. The minimum Gasteiger partial charge on any atom is -0.423 e. The van der Waals surface area contributed by atoms with Crippen molar-refractivity contribution in [3.8, 4) is 5.75 Å². The first-order chi connectivity index (χ1) is 17.1. The molecule has 0 saturated heterocycles. The van der Waals surface area contributed by atoms with E-state index < -0.39 is 0 Å². The smallest absolute Gasteiger partial charge is 0.343 e. The highest BCUT2D eigenvalue weighted by Crippen LogP contribution is 2.41. The summed E-state index contributed by atoms with van der Waals surface area (Å²) in [7, 11) is 0. The SMILES string of the molecule is C=CCC(c1ccc(C(=O)Oc2ccc(CCCCC)cc2)cc1)[C@H]1CC[C@H](CCCCC)CC1. The minimum absolute atomic E-state index is 0.289. The fraction of sp³-hybridized carbons (Fsp3) is 0.545. The van der Waals surface area contributed by atoms with Gasteiger partial charge in [0.25, 0.3) is 0 Å². The average Bonchev–Trinajstić information content (AvgIpc) is 2.89. The molecule has 1 atom stereocenters. The maximum absolute atomic E-state index is 12.7. The van der Waals surface area contributed by atoms with Crippen LogP contribution in [0.4, 0.5) is 0 Å². The van der Waals surface area contributed by atoms with Gasteiger partial charge in [-0.1, -0.05) is 95.6 Å². The van der Waals surface area contributed by atoms with Crippen molar-refractivity contribution >= 4 is 5.97 Å². The summed E-state index contributed by atoms with van der Waals surface area (Å²) < 4.78 is 5.64. The van der Waals surface area contributed by atoms with Crippen LogP contribution in [0.15, 0.2) is 61.2 Å². The van der Waals surface area contributed by atoms with Crippen LogP contribution in [0.5, 0.6) is 5.75 Å². The molecule has 0 bridgehead atoms. The number of aryl methyl sites for hydroxylation is 1. The number of rotatable bonds is 14. The van der Waals surface area contributed by atoms with Crippen LogP contribution < -0.4 is 4.74 Å². The lowest BCUT2D eigenvalue weighted by molar-refractivity contribution is 0.0734. The van der Waals surface area contributed by atoms with Gasteiger partial charge in [-0.15, -0.1) is 6.58 Å². The lowest BCUT2D eigenvalue weighted by Crippen LogP contribution is -2.20. The molecule has 2 nitrogen and oxygen atoms in total. The molecular formula is C33H46O2. The van der Waals surface area contributed by atoms with Crippen molar-refractivity contribution in [3.63, 3.8) is 0 Å². The second kappa shape index (κ2) is 14.9. The van der Waals surface area contributed by atoms with E-state index in [1.54, 1.807) is 0 Å². The number of allylic oxidation sites excluding steroid dienone is 1. The zero-order valence-electron chi connectivity index (χ0n) is 22.1. The molecule has 1 aliphatic rings. The second-order valence-electron chi connectivity index (χ2n) is 10.5. The number of hydrogen-bond acceptors (Lipinski definition) is 2. The number of carbonyl (C=O) groups excluding carboxylic acids is 1. The van der Waals surface area contributed by atoms with E-state index in [2.05, 4.69) is 50.8 Å².